The fourth-order valence-corrected chi connectivity index (χ4v) is 3.71. The molecule has 0 fully saturated rings. The van der Waals surface area contributed by atoms with Crippen LogP contribution in [0.15, 0.2) is 30.3 Å². The number of hydrogen-bond acceptors (Lipinski definition) is 3. The Hall–Kier alpha value is -2.63. The van der Waals surface area contributed by atoms with Gasteiger partial charge in [-0.25, -0.2) is 0 Å². The van der Waals surface area contributed by atoms with Crippen LogP contribution in [0.5, 0.6) is 0 Å². The molecule has 0 radical (unpaired) electrons. The number of hydrogen-bond donors (Lipinski definition) is 1. The predicted molar refractivity (Wildman–Crippen MR) is 120 cm³/mol. The molecule has 2 heterocycles. The molecule has 1 atom stereocenters. The molecule has 0 saturated heterocycles. The molecular formula is C24H34N4O2. The third kappa shape index (κ3) is 4.13. The van der Waals surface area contributed by atoms with Crippen LogP contribution in [0, 0.1) is 12.8 Å². The van der Waals surface area contributed by atoms with Crippen LogP contribution in [-0.2, 0) is 16.8 Å². The van der Waals surface area contributed by atoms with E-state index in [4.69, 9.17) is 5.10 Å². The number of anilines is 1. The number of fused-ring (bicyclic) bond motifs is 1. The molecule has 0 aliphatic carbocycles. The van der Waals surface area contributed by atoms with Gasteiger partial charge in [0.1, 0.15) is 11.2 Å². The summed E-state index contributed by atoms with van der Waals surface area (Å²) in [7, 11) is 0. The molecule has 2 aromatic rings. The molecule has 30 heavy (non-hydrogen) atoms. The van der Waals surface area contributed by atoms with Crippen molar-refractivity contribution >= 4 is 17.5 Å². The van der Waals surface area contributed by atoms with Gasteiger partial charge >= 0.3 is 0 Å². The standard InChI is InChI=1S/C24H34N4O2/c1-16(2)12-13-25-22(30)24(7)15-27-19(14-20(26-27)23(4,5)6)21(29)28(24)18-10-8-17(3)9-11-18/h8-11,14,16H,12-13,15H2,1-7H3,(H,25,30). The molecule has 1 aromatic heterocycles. The fourth-order valence-electron chi connectivity index (χ4n) is 3.71. The minimum atomic E-state index is -1.07. The summed E-state index contributed by atoms with van der Waals surface area (Å²) in [4.78, 5) is 28.6. The average molecular weight is 411 g/mol. The Labute approximate surface area is 179 Å². The van der Waals surface area contributed by atoms with E-state index in [2.05, 4.69) is 39.9 Å². The Morgan fingerprint density at radius 1 is 1.23 bits per heavy atom. The molecule has 0 spiro atoms. The van der Waals surface area contributed by atoms with Gasteiger partial charge in [0, 0.05) is 17.6 Å². The number of aromatic nitrogens is 2. The van der Waals surface area contributed by atoms with Crippen molar-refractivity contribution in [2.45, 2.75) is 72.4 Å². The maximum atomic E-state index is 13.6. The Morgan fingerprint density at radius 3 is 2.43 bits per heavy atom. The lowest BCUT2D eigenvalue weighted by Gasteiger charge is -2.43. The summed E-state index contributed by atoms with van der Waals surface area (Å²) >= 11 is 0. The maximum Gasteiger partial charge on any atom is 0.277 e. The highest BCUT2D eigenvalue weighted by molar-refractivity contribution is 6.11. The van der Waals surface area contributed by atoms with Crippen LogP contribution >= 0.6 is 0 Å². The lowest BCUT2D eigenvalue weighted by atomic mass is 9.91. The van der Waals surface area contributed by atoms with E-state index in [-0.39, 0.29) is 17.2 Å². The lowest BCUT2D eigenvalue weighted by molar-refractivity contribution is -0.126. The van der Waals surface area contributed by atoms with E-state index in [0.717, 1.165) is 23.4 Å². The van der Waals surface area contributed by atoms with Crippen molar-refractivity contribution in [1.29, 1.82) is 0 Å². The van der Waals surface area contributed by atoms with Gasteiger partial charge in [-0.2, -0.15) is 5.10 Å². The molecule has 1 aromatic carbocycles. The predicted octanol–water partition coefficient (Wildman–Crippen LogP) is 4.07. The van der Waals surface area contributed by atoms with Crippen molar-refractivity contribution in [3.8, 4) is 0 Å². The number of nitrogens with one attached hydrogen (secondary N) is 1. The van der Waals surface area contributed by atoms with Gasteiger partial charge < -0.3 is 5.32 Å². The molecule has 2 amide bonds. The molecule has 1 aliphatic heterocycles. The van der Waals surface area contributed by atoms with Crippen LogP contribution in [-0.4, -0.2) is 33.7 Å². The average Bonchev–Trinajstić information content (AvgIpc) is 3.07. The van der Waals surface area contributed by atoms with Crippen molar-refractivity contribution in [1.82, 2.24) is 15.1 Å². The van der Waals surface area contributed by atoms with E-state index >= 15 is 0 Å². The monoisotopic (exact) mass is 410 g/mol. The van der Waals surface area contributed by atoms with Gasteiger partial charge in [-0.1, -0.05) is 52.3 Å². The van der Waals surface area contributed by atoms with E-state index in [1.165, 1.54) is 0 Å². The molecule has 1 aliphatic rings. The highest BCUT2D eigenvalue weighted by Crippen LogP contribution is 2.34. The van der Waals surface area contributed by atoms with Gasteiger partial charge in [0.05, 0.1) is 12.2 Å². The highest BCUT2D eigenvalue weighted by atomic mass is 16.2. The van der Waals surface area contributed by atoms with E-state index in [0.29, 0.717) is 24.7 Å². The first-order valence-corrected chi connectivity index (χ1v) is 10.7. The number of amides is 2. The number of nitrogens with zero attached hydrogens (tertiary/aromatic N) is 3. The Balaban J connectivity index is 2.05. The Kier molecular flexibility index (Phi) is 5.81. The van der Waals surface area contributed by atoms with E-state index in [9.17, 15) is 9.59 Å². The van der Waals surface area contributed by atoms with E-state index < -0.39 is 5.54 Å². The van der Waals surface area contributed by atoms with Crippen molar-refractivity contribution in [3.63, 3.8) is 0 Å². The van der Waals surface area contributed by atoms with Crippen molar-refractivity contribution in [3.05, 3.63) is 47.3 Å². The second-order valence-corrected chi connectivity index (χ2v) is 10.0. The molecule has 6 nitrogen and oxygen atoms in total. The summed E-state index contributed by atoms with van der Waals surface area (Å²) in [6.07, 6.45) is 0.890. The third-order valence-electron chi connectivity index (χ3n) is 5.71. The first-order valence-electron chi connectivity index (χ1n) is 10.7. The van der Waals surface area contributed by atoms with Gasteiger partial charge in [-0.05, 0) is 44.4 Å². The normalized spacial score (nSPS) is 19.2. The summed E-state index contributed by atoms with van der Waals surface area (Å²) in [5, 5.41) is 7.74. The summed E-state index contributed by atoms with van der Waals surface area (Å²) in [5.74, 6) is 0.136. The van der Waals surface area contributed by atoms with Crippen LogP contribution < -0.4 is 10.2 Å². The largest absolute Gasteiger partial charge is 0.354 e. The SMILES string of the molecule is Cc1ccc(N2C(=O)c3cc(C(C)(C)C)nn3CC2(C)C(=O)NCCC(C)C)cc1. The summed E-state index contributed by atoms with van der Waals surface area (Å²) < 4.78 is 1.70. The highest BCUT2D eigenvalue weighted by Gasteiger charge is 2.49. The fraction of sp³-hybridized carbons (Fsp3) is 0.542. The minimum Gasteiger partial charge on any atom is -0.354 e. The molecular weight excluding hydrogens is 376 g/mol. The summed E-state index contributed by atoms with van der Waals surface area (Å²) in [6.45, 7) is 15.2. The van der Waals surface area contributed by atoms with Gasteiger partial charge in [0.15, 0.2) is 0 Å². The van der Waals surface area contributed by atoms with Crippen LogP contribution in [0.4, 0.5) is 5.69 Å². The van der Waals surface area contributed by atoms with Crippen LogP contribution in [0.1, 0.15) is 69.7 Å². The molecule has 0 bridgehead atoms. The maximum absolute atomic E-state index is 13.6. The summed E-state index contributed by atoms with van der Waals surface area (Å²) in [6, 6.07) is 9.60. The van der Waals surface area contributed by atoms with Crippen LogP contribution in [0.2, 0.25) is 0 Å². The molecule has 1 N–H and O–H groups in total. The smallest absolute Gasteiger partial charge is 0.277 e. The molecule has 0 saturated carbocycles. The van der Waals surface area contributed by atoms with Crippen LogP contribution in [0.3, 0.4) is 0 Å². The van der Waals surface area contributed by atoms with Crippen molar-refractivity contribution in [2.24, 2.45) is 5.92 Å². The molecule has 6 heteroatoms. The van der Waals surface area contributed by atoms with Crippen molar-refractivity contribution in [2.75, 3.05) is 11.4 Å². The zero-order valence-electron chi connectivity index (χ0n) is 19.2. The van der Waals surface area contributed by atoms with Crippen molar-refractivity contribution < 1.29 is 9.59 Å². The first kappa shape index (κ1) is 22.1. The lowest BCUT2D eigenvalue weighted by Crippen LogP contribution is -2.64. The minimum absolute atomic E-state index is 0.157. The Morgan fingerprint density at radius 2 is 1.87 bits per heavy atom. The Bertz CT molecular complexity index is 937. The van der Waals surface area contributed by atoms with E-state index in [1.54, 1.807) is 9.58 Å². The second kappa shape index (κ2) is 7.89. The number of carbonyl (C=O) groups is 2. The molecule has 162 valence electrons. The van der Waals surface area contributed by atoms with Gasteiger partial charge in [0.2, 0.25) is 5.91 Å². The number of rotatable bonds is 5. The topological polar surface area (TPSA) is 67.2 Å². The summed E-state index contributed by atoms with van der Waals surface area (Å²) in [5.41, 5.74) is 1.93. The zero-order valence-corrected chi connectivity index (χ0v) is 19.2. The second-order valence-electron chi connectivity index (χ2n) is 10.0. The van der Waals surface area contributed by atoms with E-state index in [1.807, 2.05) is 44.2 Å². The van der Waals surface area contributed by atoms with Gasteiger partial charge in [-0.3, -0.25) is 19.2 Å². The quantitative estimate of drug-likeness (QED) is 0.808. The third-order valence-corrected chi connectivity index (χ3v) is 5.71. The number of aryl methyl sites for hydroxylation is 1. The molecule has 1 unspecified atom stereocenters. The number of carbonyl (C=O) groups excluding carboxylic acids is 2. The van der Waals surface area contributed by atoms with Gasteiger partial charge in [0.25, 0.3) is 5.91 Å². The van der Waals surface area contributed by atoms with Crippen LogP contribution in [0.25, 0.3) is 0 Å². The van der Waals surface area contributed by atoms with Gasteiger partial charge in [-0.15, -0.1) is 0 Å². The number of benzene rings is 1. The first-order chi connectivity index (χ1) is 13.9. The zero-order chi connectivity index (χ0) is 22.3. The molecule has 3 rings (SSSR count).